The number of methoxy groups -OCH3 is 1. The lowest BCUT2D eigenvalue weighted by atomic mass is 10.2. The van der Waals surface area contributed by atoms with E-state index in [4.69, 9.17) is 4.74 Å². The third-order valence-electron chi connectivity index (χ3n) is 3.07. The van der Waals surface area contributed by atoms with E-state index in [0.717, 1.165) is 16.9 Å². The van der Waals surface area contributed by atoms with E-state index in [1.165, 1.54) is 0 Å². The van der Waals surface area contributed by atoms with Gasteiger partial charge in [0.05, 0.1) is 6.61 Å². The van der Waals surface area contributed by atoms with Crippen molar-refractivity contribution in [1.82, 2.24) is 9.97 Å². The molecule has 0 aliphatic rings. The molecule has 116 valence electrons. The number of carbonyl (C=O) groups excluding carboxylic acids is 1. The van der Waals surface area contributed by atoms with Crippen LogP contribution in [0.3, 0.4) is 0 Å². The van der Waals surface area contributed by atoms with Crippen LogP contribution in [0.15, 0.2) is 30.3 Å². The van der Waals surface area contributed by atoms with Crippen molar-refractivity contribution < 1.29 is 9.53 Å². The second-order valence-electron chi connectivity index (χ2n) is 4.91. The Bertz CT molecular complexity index is 658. The van der Waals surface area contributed by atoms with Crippen molar-refractivity contribution in [2.45, 2.75) is 13.8 Å². The summed E-state index contributed by atoms with van der Waals surface area (Å²) in [5.41, 5.74) is 2.83. The van der Waals surface area contributed by atoms with Crippen LogP contribution >= 0.6 is 0 Å². The van der Waals surface area contributed by atoms with Gasteiger partial charge in [0.1, 0.15) is 5.69 Å². The third kappa shape index (κ3) is 4.26. The summed E-state index contributed by atoms with van der Waals surface area (Å²) in [7, 11) is 1.62. The summed E-state index contributed by atoms with van der Waals surface area (Å²) in [4.78, 5) is 20.8. The molecule has 2 aromatic rings. The van der Waals surface area contributed by atoms with Gasteiger partial charge in [-0.1, -0.05) is 18.2 Å². The molecule has 0 fully saturated rings. The predicted molar refractivity (Wildman–Crippen MR) is 86.3 cm³/mol. The zero-order chi connectivity index (χ0) is 15.9. The number of nitrogens with one attached hydrogen (secondary N) is 2. The number of benzene rings is 1. The molecule has 1 heterocycles. The number of rotatable bonds is 6. The number of hydrogen-bond donors (Lipinski definition) is 2. The van der Waals surface area contributed by atoms with Crippen LogP contribution in [0.2, 0.25) is 0 Å². The summed E-state index contributed by atoms with van der Waals surface area (Å²) in [6, 6.07) is 9.27. The average Bonchev–Trinajstić information content (AvgIpc) is 2.49. The number of ether oxygens (including phenoxy) is 1. The average molecular weight is 300 g/mol. The Hall–Kier alpha value is -2.47. The normalized spacial score (nSPS) is 10.3. The molecular formula is C16H20N4O2. The zero-order valence-corrected chi connectivity index (χ0v) is 13.0. The number of para-hydroxylation sites is 1. The number of aromatic nitrogens is 2. The van der Waals surface area contributed by atoms with E-state index in [2.05, 4.69) is 20.6 Å². The second kappa shape index (κ2) is 7.51. The summed E-state index contributed by atoms with van der Waals surface area (Å²) in [5, 5.41) is 5.90. The standard InChI is InChI=1S/C16H20N4O2/c1-11-6-4-5-7-13(11)19-15(21)14-10-12(2)18-16(20-14)17-8-9-22-3/h4-7,10H,8-9H2,1-3H3,(H,19,21)(H,17,18,20). The van der Waals surface area contributed by atoms with Crippen LogP contribution < -0.4 is 10.6 Å². The van der Waals surface area contributed by atoms with Crippen LogP contribution in [0.5, 0.6) is 0 Å². The van der Waals surface area contributed by atoms with Gasteiger partial charge in [0.15, 0.2) is 0 Å². The first kappa shape index (κ1) is 15.9. The van der Waals surface area contributed by atoms with Gasteiger partial charge in [-0.2, -0.15) is 0 Å². The molecule has 6 nitrogen and oxygen atoms in total. The van der Waals surface area contributed by atoms with Crippen LogP contribution in [0.25, 0.3) is 0 Å². The van der Waals surface area contributed by atoms with Gasteiger partial charge < -0.3 is 15.4 Å². The molecule has 0 unspecified atom stereocenters. The molecule has 2 rings (SSSR count). The second-order valence-corrected chi connectivity index (χ2v) is 4.91. The molecule has 0 aliphatic carbocycles. The highest BCUT2D eigenvalue weighted by Gasteiger charge is 2.11. The Balaban J connectivity index is 2.13. The molecule has 22 heavy (non-hydrogen) atoms. The molecule has 0 saturated carbocycles. The van der Waals surface area contributed by atoms with E-state index < -0.39 is 0 Å². The van der Waals surface area contributed by atoms with E-state index in [-0.39, 0.29) is 5.91 Å². The summed E-state index contributed by atoms with van der Waals surface area (Å²) in [5.74, 6) is 0.168. The van der Waals surface area contributed by atoms with Gasteiger partial charge in [0, 0.05) is 25.0 Å². The lowest BCUT2D eigenvalue weighted by molar-refractivity contribution is 0.102. The molecule has 0 radical (unpaired) electrons. The maximum atomic E-state index is 12.3. The van der Waals surface area contributed by atoms with Crippen LogP contribution in [0.4, 0.5) is 11.6 Å². The fraction of sp³-hybridized carbons (Fsp3) is 0.312. The summed E-state index contributed by atoms with van der Waals surface area (Å²) >= 11 is 0. The molecule has 0 spiro atoms. The van der Waals surface area contributed by atoms with Gasteiger partial charge in [-0.05, 0) is 31.5 Å². The van der Waals surface area contributed by atoms with Crippen molar-refractivity contribution in [3.05, 3.63) is 47.3 Å². The van der Waals surface area contributed by atoms with Crippen LogP contribution in [-0.4, -0.2) is 36.1 Å². The fourth-order valence-electron chi connectivity index (χ4n) is 1.93. The monoisotopic (exact) mass is 300 g/mol. The van der Waals surface area contributed by atoms with Crippen molar-refractivity contribution in [2.75, 3.05) is 30.9 Å². The first-order valence-electron chi connectivity index (χ1n) is 7.05. The number of nitrogens with zero attached hydrogens (tertiary/aromatic N) is 2. The van der Waals surface area contributed by atoms with Crippen molar-refractivity contribution in [2.24, 2.45) is 0 Å². The van der Waals surface area contributed by atoms with E-state index >= 15 is 0 Å². The van der Waals surface area contributed by atoms with E-state index in [9.17, 15) is 4.79 Å². The minimum atomic E-state index is -0.255. The van der Waals surface area contributed by atoms with Gasteiger partial charge in [0.25, 0.3) is 5.91 Å². The number of anilines is 2. The molecule has 1 aromatic heterocycles. The Labute approximate surface area is 129 Å². The lowest BCUT2D eigenvalue weighted by Crippen LogP contribution is -2.17. The van der Waals surface area contributed by atoms with Crippen LogP contribution in [0.1, 0.15) is 21.7 Å². The molecule has 0 saturated heterocycles. The van der Waals surface area contributed by atoms with Crippen molar-refractivity contribution in [1.29, 1.82) is 0 Å². The largest absolute Gasteiger partial charge is 0.383 e. The number of aryl methyl sites for hydroxylation is 2. The van der Waals surface area contributed by atoms with Gasteiger partial charge in [-0.3, -0.25) is 4.79 Å². The van der Waals surface area contributed by atoms with Gasteiger partial charge in [0.2, 0.25) is 5.95 Å². The lowest BCUT2D eigenvalue weighted by Gasteiger charge is -2.10. The highest BCUT2D eigenvalue weighted by Crippen LogP contribution is 2.15. The van der Waals surface area contributed by atoms with E-state index in [1.807, 2.05) is 38.1 Å². The zero-order valence-electron chi connectivity index (χ0n) is 13.0. The van der Waals surface area contributed by atoms with Crippen molar-refractivity contribution in [3.8, 4) is 0 Å². The minimum Gasteiger partial charge on any atom is -0.383 e. The SMILES string of the molecule is COCCNc1nc(C)cc(C(=O)Nc2ccccc2C)n1. The topological polar surface area (TPSA) is 76.1 Å². The van der Waals surface area contributed by atoms with Gasteiger partial charge in [-0.15, -0.1) is 0 Å². The summed E-state index contributed by atoms with van der Waals surface area (Å²) < 4.78 is 4.97. The number of carbonyl (C=O) groups is 1. The Morgan fingerprint density at radius 3 is 2.73 bits per heavy atom. The fourth-order valence-corrected chi connectivity index (χ4v) is 1.93. The number of hydrogen-bond acceptors (Lipinski definition) is 5. The van der Waals surface area contributed by atoms with Gasteiger partial charge >= 0.3 is 0 Å². The van der Waals surface area contributed by atoms with Crippen molar-refractivity contribution in [3.63, 3.8) is 0 Å². The Morgan fingerprint density at radius 2 is 2.00 bits per heavy atom. The highest BCUT2D eigenvalue weighted by molar-refractivity contribution is 6.03. The van der Waals surface area contributed by atoms with Crippen LogP contribution in [0, 0.1) is 13.8 Å². The van der Waals surface area contributed by atoms with Crippen LogP contribution in [-0.2, 0) is 4.74 Å². The molecule has 1 amide bonds. The Kier molecular flexibility index (Phi) is 5.43. The first-order valence-corrected chi connectivity index (χ1v) is 7.05. The minimum absolute atomic E-state index is 0.255. The molecule has 0 bridgehead atoms. The molecule has 2 N–H and O–H groups in total. The molecule has 6 heteroatoms. The van der Waals surface area contributed by atoms with Crippen molar-refractivity contribution >= 4 is 17.5 Å². The summed E-state index contributed by atoms with van der Waals surface area (Å²) in [6.07, 6.45) is 0. The Morgan fingerprint density at radius 1 is 1.23 bits per heavy atom. The number of amides is 1. The molecule has 0 atom stereocenters. The first-order chi connectivity index (χ1) is 10.6. The smallest absolute Gasteiger partial charge is 0.274 e. The maximum Gasteiger partial charge on any atom is 0.274 e. The molecule has 0 aliphatic heterocycles. The maximum absolute atomic E-state index is 12.3. The van der Waals surface area contributed by atoms with E-state index in [1.54, 1.807) is 13.2 Å². The third-order valence-corrected chi connectivity index (χ3v) is 3.07. The predicted octanol–water partition coefficient (Wildman–Crippen LogP) is 2.40. The highest BCUT2D eigenvalue weighted by atomic mass is 16.5. The van der Waals surface area contributed by atoms with E-state index in [0.29, 0.717) is 24.8 Å². The molecule has 1 aromatic carbocycles. The quantitative estimate of drug-likeness (QED) is 0.801. The molecular weight excluding hydrogens is 280 g/mol. The van der Waals surface area contributed by atoms with Gasteiger partial charge in [-0.25, -0.2) is 9.97 Å². The summed E-state index contributed by atoms with van der Waals surface area (Å²) in [6.45, 7) is 4.90.